The monoisotopic (exact) mass is 392 g/mol. The van der Waals surface area contributed by atoms with Gasteiger partial charge in [0.25, 0.3) is 0 Å². The number of aryl methyl sites for hydroxylation is 1. The zero-order chi connectivity index (χ0) is 20.2. The molecule has 1 aliphatic rings. The van der Waals surface area contributed by atoms with Gasteiger partial charge in [0, 0.05) is 25.8 Å². The van der Waals surface area contributed by atoms with Crippen LogP contribution in [-0.4, -0.2) is 18.4 Å². The van der Waals surface area contributed by atoms with Crippen molar-refractivity contribution in [2.45, 2.75) is 25.7 Å². The molecule has 1 N–H and O–H groups in total. The first-order valence-corrected chi connectivity index (χ1v) is 9.64. The van der Waals surface area contributed by atoms with E-state index in [4.69, 9.17) is 4.42 Å². The number of anilines is 2. The molecule has 1 fully saturated rings. The summed E-state index contributed by atoms with van der Waals surface area (Å²) in [5.41, 5.74) is 1.75. The highest BCUT2D eigenvalue weighted by Gasteiger charge is 2.24. The first kappa shape index (κ1) is 18.9. The molecule has 0 aliphatic carbocycles. The lowest BCUT2D eigenvalue weighted by molar-refractivity contribution is -0.117. The minimum absolute atomic E-state index is 0.0722. The Bertz CT molecular complexity index is 1040. The van der Waals surface area contributed by atoms with Crippen molar-refractivity contribution in [3.05, 3.63) is 72.2 Å². The van der Waals surface area contributed by atoms with Crippen molar-refractivity contribution in [2.75, 3.05) is 16.8 Å². The van der Waals surface area contributed by atoms with Gasteiger partial charge < -0.3 is 14.6 Å². The zero-order valence-electron chi connectivity index (χ0n) is 15.9. The summed E-state index contributed by atoms with van der Waals surface area (Å²) in [6, 6.07) is 17.2. The molecule has 148 valence electrons. The standard InChI is InChI=1S/C23H21FN2O3/c24-18-7-2-1-6-17(18)21-13-11-16(29-21)12-14-22(27)25-19-8-3-4-9-20(19)26-15-5-10-23(26)28/h1-4,6-9,11,13H,5,10,12,14-15H2,(H,25,27). The van der Waals surface area contributed by atoms with Crippen LogP contribution in [0.15, 0.2) is 65.1 Å². The van der Waals surface area contributed by atoms with Crippen LogP contribution in [-0.2, 0) is 16.0 Å². The number of amides is 2. The molecule has 0 atom stereocenters. The van der Waals surface area contributed by atoms with Crippen molar-refractivity contribution < 1.29 is 18.4 Å². The summed E-state index contributed by atoms with van der Waals surface area (Å²) < 4.78 is 19.6. The second kappa shape index (κ2) is 8.31. The van der Waals surface area contributed by atoms with Gasteiger partial charge in [0.05, 0.1) is 16.9 Å². The van der Waals surface area contributed by atoms with Gasteiger partial charge in [-0.1, -0.05) is 24.3 Å². The number of benzene rings is 2. The fourth-order valence-corrected chi connectivity index (χ4v) is 3.49. The summed E-state index contributed by atoms with van der Waals surface area (Å²) in [4.78, 5) is 26.2. The molecule has 0 spiro atoms. The van der Waals surface area contributed by atoms with Crippen LogP contribution >= 0.6 is 0 Å². The molecule has 0 unspecified atom stereocenters. The van der Waals surface area contributed by atoms with E-state index in [0.29, 0.717) is 42.2 Å². The van der Waals surface area contributed by atoms with Crippen molar-refractivity contribution in [2.24, 2.45) is 0 Å². The number of nitrogens with zero attached hydrogens (tertiary/aromatic N) is 1. The maximum absolute atomic E-state index is 13.9. The number of furan rings is 1. The van der Waals surface area contributed by atoms with Crippen LogP contribution in [0.4, 0.5) is 15.8 Å². The number of hydrogen-bond donors (Lipinski definition) is 1. The second-order valence-electron chi connectivity index (χ2n) is 6.96. The fourth-order valence-electron chi connectivity index (χ4n) is 3.49. The maximum Gasteiger partial charge on any atom is 0.227 e. The van der Waals surface area contributed by atoms with Crippen LogP contribution < -0.4 is 10.2 Å². The molecule has 0 radical (unpaired) electrons. The molecule has 2 heterocycles. The van der Waals surface area contributed by atoms with E-state index in [2.05, 4.69) is 5.32 Å². The van der Waals surface area contributed by atoms with Crippen LogP contribution in [0.1, 0.15) is 25.0 Å². The number of carbonyl (C=O) groups is 2. The van der Waals surface area contributed by atoms with E-state index in [1.54, 1.807) is 41.3 Å². The molecule has 1 aromatic heterocycles. The van der Waals surface area contributed by atoms with Gasteiger partial charge in [-0.2, -0.15) is 0 Å². The van der Waals surface area contributed by atoms with Crippen LogP contribution in [0.3, 0.4) is 0 Å². The number of para-hydroxylation sites is 2. The van der Waals surface area contributed by atoms with Gasteiger partial charge in [-0.15, -0.1) is 0 Å². The van der Waals surface area contributed by atoms with Gasteiger partial charge in [0.15, 0.2) is 0 Å². The molecular formula is C23H21FN2O3. The van der Waals surface area contributed by atoms with Crippen molar-refractivity contribution in [3.8, 4) is 11.3 Å². The van der Waals surface area contributed by atoms with E-state index >= 15 is 0 Å². The van der Waals surface area contributed by atoms with Gasteiger partial charge in [0.1, 0.15) is 17.3 Å². The van der Waals surface area contributed by atoms with Crippen molar-refractivity contribution >= 4 is 23.2 Å². The molecule has 2 aromatic carbocycles. The number of carbonyl (C=O) groups excluding carboxylic acids is 2. The molecule has 0 bridgehead atoms. The largest absolute Gasteiger partial charge is 0.461 e. The molecule has 1 saturated heterocycles. The first-order valence-electron chi connectivity index (χ1n) is 9.64. The molecule has 5 nitrogen and oxygen atoms in total. The van der Waals surface area contributed by atoms with E-state index < -0.39 is 0 Å². The lowest BCUT2D eigenvalue weighted by atomic mass is 10.1. The van der Waals surface area contributed by atoms with Gasteiger partial charge in [-0.3, -0.25) is 9.59 Å². The van der Waals surface area contributed by atoms with E-state index in [9.17, 15) is 14.0 Å². The van der Waals surface area contributed by atoms with Crippen LogP contribution in [0, 0.1) is 5.82 Å². The highest BCUT2D eigenvalue weighted by atomic mass is 19.1. The van der Waals surface area contributed by atoms with Gasteiger partial charge in [0.2, 0.25) is 11.8 Å². The maximum atomic E-state index is 13.9. The predicted octanol–water partition coefficient (Wildman–Crippen LogP) is 4.78. The minimum Gasteiger partial charge on any atom is -0.461 e. The highest BCUT2D eigenvalue weighted by Crippen LogP contribution is 2.30. The highest BCUT2D eigenvalue weighted by molar-refractivity contribution is 6.02. The fraction of sp³-hybridized carbons (Fsp3) is 0.217. The Hall–Kier alpha value is -3.41. The van der Waals surface area contributed by atoms with Crippen LogP contribution in [0.5, 0.6) is 0 Å². The topological polar surface area (TPSA) is 62.6 Å². The Kier molecular flexibility index (Phi) is 5.42. The number of halogens is 1. The number of rotatable bonds is 6. The molecule has 6 heteroatoms. The van der Waals surface area contributed by atoms with Gasteiger partial charge in [-0.25, -0.2) is 4.39 Å². The summed E-state index contributed by atoms with van der Waals surface area (Å²) in [7, 11) is 0. The zero-order valence-corrected chi connectivity index (χ0v) is 15.9. The molecule has 0 saturated carbocycles. The smallest absolute Gasteiger partial charge is 0.227 e. The van der Waals surface area contributed by atoms with E-state index in [-0.39, 0.29) is 24.1 Å². The minimum atomic E-state index is -0.348. The molecule has 1 aliphatic heterocycles. The van der Waals surface area contributed by atoms with Crippen molar-refractivity contribution in [1.82, 2.24) is 0 Å². The Morgan fingerprint density at radius 2 is 1.86 bits per heavy atom. The lowest BCUT2D eigenvalue weighted by Gasteiger charge is -2.19. The quantitative estimate of drug-likeness (QED) is 0.656. The van der Waals surface area contributed by atoms with Crippen molar-refractivity contribution in [1.29, 1.82) is 0 Å². The average Bonchev–Trinajstić information content (AvgIpc) is 3.36. The van der Waals surface area contributed by atoms with E-state index in [0.717, 1.165) is 12.1 Å². The molecule has 4 rings (SSSR count). The molecule has 29 heavy (non-hydrogen) atoms. The average molecular weight is 392 g/mol. The molecule has 2 amide bonds. The molecule has 3 aromatic rings. The summed E-state index contributed by atoms with van der Waals surface area (Å²) in [5.74, 6) is 0.605. The van der Waals surface area contributed by atoms with E-state index in [1.165, 1.54) is 6.07 Å². The van der Waals surface area contributed by atoms with Crippen molar-refractivity contribution in [3.63, 3.8) is 0 Å². The third-order valence-electron chi connectivity index (χ3n) is 4.94. The Labute approximate surface area is 168 Å². The third kappa shape index (κ3) is 4.21. The number of hydrogen-bond acceptors (Lipinski definition) is 3. The van der Waals surface area contributed by atoms with Gasteiger partial charge in [-0.05, 0) is 42.8 Å². The Morgan fingerprint density at radius 1 is 1.07 bits per heavy atom. The summed E-state index contributed by atoms with van der Waals surface area (Å²) in [6.07, 6.45) is 1.96. The van der Waals surface area contributed by atoms with Crippen LogP contribution in [0.25, 0.3) is 11.3 Å². The third-order valence-corrected chi connectivity index (χ3v) is 4.94. The Balaban J connectivity index is 1.39. The predicted molar refractivity (Wildman–Crippen MR) is 109 cm³/mol. The Morgan fingerprint density at radius 3 is 2.66 bits per heavy atom. The van der Waals surface area contributed by atoms with Gasteiger partial charge >= 0.3 is 0 Å². The molecular weight excluding hydrogens is 371 g/mol. The van der Waals surface area contributed by atoms with E-state index in [1.807, 2.05) is 18.2 Å². The summed E-state index contributed by atoms with van der Waals surface area (Å²) >= 11 is 0. The summed E-state index contributed by atoms with van der Waals surface area (Å²) in [5, 5.41) is 2.89. The second-order valence-corrected chi connectivity index (χ2v) is 6.96. The summed E-state index contributed by atoms with van der Waals surface area (Å²) in [6.45, 7) is 0.664. The SMILES string of the molecule is O=C(CCc1ccc(-c2ccccc2F)o1)Nc1ccccc1N1CCCC1=O. The number of nitrogens with one attached hydrogen (secondary N) is 1. The first-order chi connectivity index (χ1) is 14.1. The lowest BCUT2D eigenvalue weighted by Crippen LogP contribution is -2.25. The van der Waals surface area contributed by atoms with Crippen LogP contribution in [0.2, 0.25) is 0 Å². The normalized spacial score (nSPS) is 13.7.